The molecular weight excluding hydrogens is 356 g/mol. The van der Waals surface area contributed by atoms with E-state index in [0.29, 0.717) is 11.8 Å². The smallest absolute Gasteiger partial charge is 0.233 e. The summed E-state index contributed by atoms with van der Waals surface area (Å²) in [5, 5.41) is 9.31. The second kappa shape index (κ2) is 8.91. The molecule has 0 bridgehead atoms. The quantitative estimate of drug-likeness (QED) is 0.684. The largest absolute Gasteiger partial charge is 0.337 e. The van der Waals surface area contributed by atoms with Gasteiger partial charge in [0.05, 0.1) is 5.75 Å². The molecule has 1 aromatic heterocycles. The number of amides is 1. The minimum absolute atomic E-state index is 0.206. The van der Waals surface area contributed by atoms with Crippen LogP contribution in [-0.2, 0) is 4.79 Å². The third kappa shape index (κ3) is 4.72. The minimum atomic E-state index is 0.206. The van der Waals surface area contributed by atoms with E-state index in [2.05, 4.69) is 60.1 Å². The summed E-state index contributed by atoms with van der Waals surface area (Å²) >= 11 is 1.48. The number of hydrogen-bond acceptors (Lipinski definition) is 4. The van der Waals surface area contributed by atoms with Crippen LogP contribution in [0.4, 0.5) is 0 Å². The molecule has 6 heteroatoms. The lowest BCUT2D eigenvalue weighted by Crippen LogP contribution is -2.46. The summed E-state index contributed by atoms with van der Waals surface area (Å²) in [5.74, 6) is 1.44. The van der Waals surface area contributed by atoms with Gasteiger partial charge in [-0.3, -0.25) is 9.36 Å². The van der Waals surface area contributed by atoms with Crippen molar-refractivity contribution in [3.05, 3.63) is 35.7 Å². The molecule has 1 aliphatic rings. The zero-order valence-electron chi connectivity index (χ0n) is 16.8. The highest BCUT2D eigenvalue weighted by Gasteiger charge is 2.28. The fourth-order valence-electron chi connectivity index (χ4n) is 3.90. The molecule has 1 heterocycles. The second-order valence-corrected chi connectivity index (χ2v) is 8.62. The Morgan fingerprint density at radius 1 is 1.15 bits per heavy atom. The van der Waals surface area contributed by atoms with E-state index >= 15 is 0 Å². The summed E-state index contributed by atoms with van der Waals surface area (Å²) in [7, 11) is 0. The Bertz CT molecular complexity index is 763. The average molecular weight is 387 g/mol. The van der Waals surface area contributed by atoms with Crippen molar-refractivity contribution in [2.45, 2.75) is 77.0 Å². The number of carbonyl (C=O) groups excluding carboxylic acids is 1. The van der Waals surface area contributed by atoms with E-state index in [4.69, 9.17) is 0 Å². The lowest BCUT2D eigenvalue weighted by Gasteiger charge is -2.37. The van der Waals surface area contributed by atoms with Crippen LogP contribution in [0.5, 0.6) is 0 Å². The Morgan fingerprint density at radius 2 is 1.81 bits per heavy atom. The van der Waals surface area contributed by atoms with Gasteiger partial charge in [-0.25, -0.2) is 0 Å². The van der Waals surface area contributed by atoms with Crippen LogP contribution >= 0.6 is 11.8 Å². The van der Waals surface area contributed by atoms with Crippen molar-refractivity contribution in [1.82, 2.24) is 19.7 Å². The molecule has 0 spiro atoms. The molecule has 0 radical (unpaired) electrons. The fraction of sp³-hybridized carbons (Fsp3) is 0.571. The Labute approximate surface area is 166 Å². The van der Waals surface area contributed by atoms with Crippen molar-refractivity contribution in [3.8, 4) is 5.69 Å². The van der Waals surface area contributed by atoms with Gasteiger partial charge in [-0.05, 0) is 52.7 Å². The first kappa shape index (κ1) is 19.9. The summed E-state index contributed by atoms with van der Waals surface area (Å²) in [6, 6.07) is 8.93. The summed E-state index contributed by atoms with van der Waals surface area (Å²) in [6.07, 6.45) is 6.02. The number of thioether (sulfide) groups is 1. The normalized spacial score (nSPS) is 15.3. The van der Waals surface area contributed by atoms with Crippen molar-refractivity contribution in [2.24, 2.45) is 0 Å². The Kier molecular flexibility index (Phi) is 6.58. The molecule has 0 atom stereocenters. The number of aryl methyl sites for hydroxylation is 2. The summed E-state index contributed by atoms with van der Waals surface area (Å²) < 4.78 is 2.03. The van der Waals surface area contributed by atoms with Crippen molar-refractivity contribution in [1.29, 1.82) is 0 Å². The van der Waals surface area contributed by atoms with E-state index in [1.54, 1.807) is 0 Å². The molecule has 3 rings (SSSR count). The molecule has 1 saturated carbocycles. The lowest BCUT2D eigenvalue weighted by molar-refractivity contribution is -0.133. The first-order valence-corrected chi connectivity index (χ1v) is 10.9. The van der Waals surface area contributed by atoms with Gasteiger partial charge in [0.1, 0.15) is 5.82 Å². The minimum Gasteiger partial charge on any atom is -0.337 e. The first-order valence-electron chi connectivity index (χ1n) is 9.90. The SMILES string of the molecule is Cc1ccc(-n2c(C)nnc2SCC(=O)N(C(C)C)C2CCCCC2)cc1. The fourth-order valence-corrected chi connectivity index (χ4v) is 4.77. The number of aromatic nitrogens is 3. The molecule has 1 amide bonds. The molecule has 146 valence electrons. The molecular formula is C21H30N4OS. The number of hydrogen-bond donors (Lipinski definition) is 0. The van der Waals surface area contributed by atoms with E-state index in [1.165, 1.54) is 36.6 Å². The monoisotopic (exact) mass is 386 g/mol. The van der Waals surface area contributed by atoms with Crippen LogP contribution in [0.3, 0.4) is 0 Å². The van der Waals surface area contributed by atoms with Crippen molar-refractivity contribution < 1.29 is 4.79 Å². The van der Waals surface area contributed by atoms with Gasteiger partial charge in [0.25, 0.3) is 0 Å². The van der Waals surface area contributed by atoms with Gasteiger partial charge < -0.3 is 4.90 Å². The van der Waals surface area contributed by atoms with Gasteiger partial charge in [0, 0.05) is 17.8 Å². The number of benzene rings is 1. The van der Waals surface area contributed by atoms with E-state index in [0.717, 1.165) is 29.5 Å². The molecule has 1 aromatic carbocycles. The van der Waals surface area contributed by atoms with Gasteiger partial charge >= 0.3 is 0 Å². The first-order chi connectivity index (χ1) is 13.0. The van der Waals surface area contributed by atoms with E-state index < -0.39 is 0 Å². The van der Waals surface area contributed by atoms with E-state index in [1.807, 2.05) is 11.5 Å². The van der Waals surface area contributed by atoms with E-state index in [9.17, 15) is 4.79 Å². The molecule has 1 aliphatic carbocycles. The van der Waals surface area contributed by atoms with Crippen LogP contribution in [0.1, 0.15) is 57.3 Å². The zero-order valence-corrected chi connectivity index (χ0v) is 17.6. The molecule has 27 heavy (non-hydrogen) atoms. The molecule has 0 N–H and O–H groups in total. The maximum Gasteiger partial charge on any atom is 0.233 e. The van der Waals surface area contributed by atoms with Crippen LogP contribution in [0.25, 0.3) is 5.69 Å². The topological polar surface area (TPSA) is 51.0 Å². The van der Waals surface area contributed by atoms with Crippen LogP contribution in [-0.4, -0.2) is 43.4 Å². The van der Waals surface area contributed by atoms with Gasteiger partial charge in [-0.2, -0.15) is 0 Å². The number of carbonyl (C=O) groups is 1. The van der Waals surface area contributed by atoms with Gasteiger partial charge in [0.15, 0.2) is 5.16 Å². The predicted octanol–water partition coefficient (Wildman–Crippen LogP) is 4.55. The van der Waals surface area contributed by atoms with Crippen LogP contribution < -0.4 is 0 Å². The molecule has 5 nitrogen and oxygen atoms in total. The Hall–Kier alpha value is -1.82. The van der Waals surface area contributed by atoms with Crippen LogP contribution in [0.15, 0.2) is 29.4 Å². The summed E-state index contributed by atoms with van der Waals surface area (Å²) in [5.41, 5.74) is 2.25. The van der Waals surface area contributed by atoms with Gasteiger partial charge in [0.2, 0.25) is 5.91 Å². The maximum atomic E-state index is 13.0. The van der Waals surface area contributed by atoms with Crippen LogP contribution in [0.2, 0.25) is 0 Å². The van der Waals surface area contributed by atoms with Crippen LogP contribution in [0, 0.1) is 13.8 Å². The second-order valence-electron chi connectivity index (χ2n) is 7.68. The molecule has 0 unspecified atom stereocenters. The van der Waals surface area contributed by atoms with Crippen molar-refractivity contribution in [2.75, 3.05) is 5.75 Å². The van der Waals surface area contributed by atoms with Crippen molar-refractivity contribution in [3.63, 3.8) is 0 Å². The number of rotatable bonds is 6. The zero-order chi connectivity index (χ0) is 19.4. The van der Waals surface area contributed by atoms with Gasteiger partial charge in [-0.15, -0.1) is 10.2 Å². The lowest BCUT2D eigenvalue weighted by atomic mass is 9.93. The highest BCUT2D eigenvalue weighted by Crippen LogP contribution is 2.27. The maximum absolute atomic E-state index is 13.0. The molecule has 1 fully saturated rings. The van der Waals surface area contributed by atoms with Crippen molar-refractivity contribution >= 4 is 17.7 Å². The highest BCUT2D eigenvalue weighted by molar-refractivity contribution is 7.99. The Balaban J connectivity index is 1.72. The third-order valence-corrected chi connectivity index (χ3v) is 6.14. The number of nitrogens with zero attached hydrogens (tertiary/aromatic N) is 4. The Morgan fingerprint density at radius 3 is 2.44 bits per heavy atom. The highest BCUT2D eigenvalue weighted by atomic mass is 32.2. The third-order valence-electron chi connectivity index (χ3n) is 5.22. The molecule has 0 saturated heterocycles. The van der Waals surface area contributed by atoms with Gasteiger partial charge in [-0.1, -0.05) is 48.7 Å². The molecule has 0 aliphatic heterocycles. The molecule has 2 aromatic rings. The predicted molar refractivity (Wildman–Crippen MR) is 110 cm³/mol. The summed E-state index contributed by atoms with van der Waals surface area (Å²) in [4.78, 5) is 15.1. The van der Waals surface area contributed by atoms with E-state index in [-0.39, 0.29) is 11.9 Å². The summed E-state index contributed by atoms with van der Waals surface area (Å²) in [6.45, 7) is 8.26. The average Bonchev–Trinajstić information content (AvgIpc) is 3.02. The standard InChI is InChI=1S/C21H30N4OS/c1-15(2)24(18-8-6-5-7-9-18)20(26)14-27-21-23-22-17(4)25(21)19-12-10-16(3)11-13-19/h10-13,15,18H,5-9,14H2,1-4H3.